The van der Waals surface area contributed by atoms with E-state index >= 15 is 0 Å². The van der Waals surface area contributed by atoms with E-state index in [2.05, 4.69) is 20.6 Å². The summed E-state index contributed by atoms with van der Waals surface area (Å²) in [5.74, 6) is 0.178. The number of amidine groups is 1. The first-order valence-corrected chi connectivity index (χ1v) is 11.0. The number of amides is 1. The average molecular weight is 424 g/mol. The normalized spacial score (nSPS) is 18.8. The van der Waals surface area contributed by atoms with Crippen LogP contribution >= 0.6 is 12.2 Å². The quantitative estimate of drug-likeness (QED) is 0.460. The number of carbonyl (C=O) groups excluding carboxylic acids is 1. The van der Waals surface area contributed by atoms with Crippen molar-refractivity contribution in [3.05, 3.63) is 29.8 Å². The van der Waals surface area contributed by atoms with Gasteiger partial charge in [-0.05, 0) is 58.0 Å². The highest BCUT2D eigenvalue weighted by atomic mass is 32.2. The fourth-order valence-corrected chi connectivity index (χ4v) is 4.85. The monoisotopic (exact) mass is 423 g/mol. The molecule has 10 heteroatoms. The topological polar surface area (TPSA) is 103 Å². The van der Waals surface area contributed by atoms with Gasteiger partial charge in [0, 0.05) is 30.1 Å². The molecule has 0 spiro atoms. The van der Waals surface area contributed by atoms with Crippen molar-refractivity contribution in [1.82, 2.24) is 21.1 Å². The Hall–Kier alpha value is -2.20. The van der Waals surface area contributed by atoms with E-state index < -0.39 is 10.0 Å². The average Bonchev–Trinajstić information content (AvgIpc) is 2.90. The van der Waals surface area contributed by atoms with Crippen molar-refractivity contribution >= 4 is 39.1 Å². The molecule has 3 rings (SSSR count). The van der Waals surface area contributed by atoms with Crippen LogP contribution in [0.4, 0.5) is 0 Å². The fourth-order valence-electron chi connectivity index (χ4n) is 3.26. The minimum absolute atomic E-state index is 0.126. The molecule has 0 radical (unpaired) electrons. The largest absolute Gasteiger partial charge is 0.357 e. The van der Waals surface area contributed by atoms with Gasteiger partial charge in [0.05, 0.1) is 0 Å². The van der Waals surface area contributed by atoms with Crippen molar-refractivity contribution in [2.24, 2.45) is 10.3 Å². The Kier molecular flexibility index (Phi) is 5.62. The molecule has 8 nitrogen and oxygen atoms in total. The van der Waals surface area contributed by atoms with Gasteiger partial charge in [-0.15, -0.1) is 4.40 Å². The summed E-state index contributed by atoms with van der Waals surface area (Å²) in [5, 5.41) is 3.42. The number of carbonyl (C=O) groups is 1. The molecule has 1 saturated heterocycles. The van der Waals surface area contributed by atoms with E-state index in [4.69, 9.17) is 12.2 Å². The minimum Gasteiger partial charge on any atom is -0.357 e. The Morgan fingerprint density at radius 2 is 1.82 bits per heavy atom. The zero-order chi connectivity index (χ0) is 20.5. The standard InChI is InChI=1S/C18H25N5O3S2/c1-18(2,3)19-17(27)21-20-16(24)12-8-10-23(11-9-12)15-13-6-4-5-7-14(13)28(25,26)22-15/h4-7,12H,8-11H2,1-3H3,(H,20,24)(H2,19,21,27). The van der Waals surface area contributed by atoms with Crippen LogP contribution in [0.1, 0.15) is 39.2 Å². The lowest BCUT2D eigenvalue weighted by Gasteiger charge is -2.32. The predicted molar refractivity (Wildman–Crippen MR) is 111 cm³/mol. The van der Waals surface area contributed by atoms with E-state index in [-0.39, 0.29) is 22.3 Å². The number of nitrogens with zero attached hydrogens (tertiary/aromatic N) is 2. The second-order valence-electron chi connectivity index (χ2n) is 7.97. The van der Waals surface area contributed by atoms with Crippen LogP contribution in [0.25, 0.3) is 0 Å². The Labute approximate surface area is 170 Å². The summed E-state index contributed by atoms with van der Waals surface area (Å²) in [5.41, 5.74) is 5.82. The molecular formula is C18H25N5O3S2. The number of nitrogens with one attached hydrogen (secondary N) is 3. The third-order valence-electron chi connectivity index (χ3n) is 4.57. The molecule has 1 fully saturated rings. The van der Waals surface area contributed by atoms with E-state index in [1.54, 1.807) is 24.3 Å². The van der Waals surface area contributed by atoms with E-state index in [1.165, 1.54) is 0 Å². The summed E-state index contributed by atoms with van der Waals surface area (Å²) in [6.45, 7) is 7.05. The first-order valence-electron chi connectivity index (χ1n) is 9.14. The lowest BCUT2D eigenvalue weighted by molar-refractivity contribution is -0.126. The smallest absolute Gasteiger partial charge is 0.285 e. The van der Waals surface area contributed by atoms with Gasteiger partial charge >= 0.3 is 0 Å². The fraction of sp³-hybridized carbons (Fsp3) is 0.500. The van der Waals surface area contributed by atoms with Crippen LogP contribution in [-0.2, 0) is 14.8 Å². The molecular weight excluding hydrogens is 398 g/mol. The number of piperidine rings is 1. The Balaban J connectivity index is 1.55. The first kappa shape index (κ1) is 20.5. The van der Waals surface area contributed by atoms with Crippen LogP contribution in [0, 0.1) is 5.92 Å². The SMILES string of the molecule is CC(C)(C)NC(=S)NNC(=O)C1CCN(C2=NS(=O)(=O)c3ccccc32)CC1. The molecule has 152 valence electrons. The number of thiocarbonyl (C=S) groups is 1. The van der Waals surface area contributed by atoms with Gasteiger partial charge in [-0.3, -0.25) is 15.6 Å². The second-order valence-corrected chi connectivity index (χ2v) is 9.95. The van der Waals surface area contributed by atoms with Gasteiger partial charge < -0.3 is 10.2 Å². The molecule has 0 aromatic heterocycles. The zero-order valence-electron chi connectivity index (χ0n) is 16.2. The van der Waals surface area contributed by atoms with E-state index in [0.717, 1.165) is 0 Å². The van der Waals surface area contributed by atoms with E-state index in [0.29, 0.717) is 42.4 Å². The summed E-state index contributed by atoms with van der Waals surface area (Å²) in [7, 11) is -3.63. The van der Waals surface area contributed by atoms with Gasteiger partial charge in [0.1, 0.15) is 4.90 Å². The van der Waals surface area contributed by atoms with Gasteiger partial charge in [0.2, 0.25) is 5.91 Å². The van der Waals surface area contributed by atoms with Gasteiger partial charge in [-0.25, -0.2) is 0 Å². The number of hydrazine groups is 1. The Morgan fingerprint density at radius 1 is 1.18 bits per heavy atom. The van der Waals surface area contributed by atoms with Crippen LogP contribution in [0.5, 0.6) is 0 Å². The van der Waals surface area contributed by atoms with Crippen LogP contribution < -0.4 is 16.2 Å². The summed E-state index contributed by atoms with van der Waals surface area (Å²) in [4.78, 5) is 14.6. The molecule has 0 atom stereocenters. The molecule has 2 aliphatic rings. The minimum atomic E-state index is -3.63. The lowest BCUT2D eigenvalue weighted by Crippen LogP contribution is -2.54. The molecule has 0 unspecified atom stereocenters. The maximum atomic E-state index is 12.4. The number of benzene rings is 1. The van der Waals surface area contributed by atoms with Crippen molar-refractivity contribution in [1.29, 1.82) is 0 Å². The van der Waals surface area contributed by atoms with Crippen molar-refractivity contribution in [2.75, 3.05) is 13.1 Å². The van der Waals surface area contributed by atoms with Gasteiger partial charge in [0.15, 0.2) is 10.9 Å². The second kappa shape index (κ2) is 7.67. The molecule has 3 N–H and O–H groups in total. The van der Waals surface area contributed by atoms with Gasteiger partial charge in [-0.2, -0.15) is 8.42 Å². The molecule has 1 aromatic carbocycles. The highest BCUT2D eigenvalue weighted by Crippen LogP contribution is 2.29. The molecule has 2 heterocycles. The third-order valence-corrected chi connectivity index (χ3v) is 6.09. The van der Waals surface area contributed by atoms with Crippen molar-refractivity contribution in [3.63, 3.8) is 0 Å². The third kappa shape index (κ3) is 4.61. The van der Waals surface area contributed by atoms with Crippen molar-refractivity contribution in [3.8, 4) is 0 Å². The van der Waals surface area contributed by atoms with Crippen LogP contribution in [0.2, 0.25) is 0 Å². The molecule has 0 aliphatic carbocycles. The number of hydrogen-bond acceptors (Lipinski definition) is 5. The number of sulfonamides is 1. The van der Waals surface area contributed by atoms with Crippen molar-refractivity contribution in [2.45, 2.75) is 44.0 Å². The highest BCUT2D eigenvalue weighted by Gasteiger charge is 2.34. The maximum absolute atomic E-state index is 12.4. The molecule has 1 aromatic rings. The molecule has 1 amide bonds. The Bertz CT molecular complexity index is 913. The van der Waals surface area contributed by atoms with Crippen LogP contribution in [-0.4, -0.2) is 48.8 Å². The van der Waals surface area contributed by atoms with Crippen LogP contribution in [0.3, 0.4) is 0 Å². The van der Waals surface area contributed by atoms with Gasteiger partial charge in [-0.1, -0.05) is 12.1 Å². The molecule has 0 saturated carbocycles. The van der Waals surface area contributed by atoms with E-state index in [1.807, 2.05) is 25.7 Å². The number of rotatable bonds is 1. The molecule has 2 aliphatic heterocycles. The number of fused-ring (bicyclic) bond motifs is 1. The van der Waals surface area contributed by atoms with E-state index in [9.17, 15) is 13.2 Å². The summed E-state index contributed by atoms with van der Waals surface area (Å²) in [6.07, 6.45) is 1.21. The predicted octanol–water partition coefficient (Wildman–Crippen LogP) is 1.14. The zero-order valence-corrected chi connectivity index (χ0v) is 17.8. The summed E-state index contributed by atoms with van der Waals surface area (Å²) in [6, 6.07) is 6.83. The van der Waals surface area contributed by atoms with Gasteiger partial charge in [0.25, 0.3) is 10.0 Å². The number of hydrogen-bond donors (Lipinski definition) is 3. The number of likely N-dealkylation sites (tertiary alicyclic amines) is 1. The van der Waals surface area contributed by atoms with Crippen molar-refractivity contribution < 1.29 is 13.2 Å². The first-order chi connectivity index (χ1) is 13.1. The molecule has 0 bridgehead atoms. The lowest BCUT2D eigenvalue weighted by atomic mass is 9.95. The summed E-state index contributed by atoms with van der Waals surface area (Å²) < 4.78 is 28.4. The molecule has 28 heavy (non-hydrogen) atoms. The maximum Gasteiger partial charge on any atom is 0.285 e. The van der Waals surface area contributed by atoms with Crippen LogP contribution in [0.15, 0.2) is 33.6 Å². The summed E-state index contributed by atoms with van der Waals surface area (Å²) >= 11 is 5.15. The Morgan fingerprint density at radius 3 is 2.46 bits per heavy atom. The highest BCUT2D eigenvalue weighted by molar-refractivity contribution is 7.90.